The lowest BCUT2D eigenvalue weighted by Crippen LogP contribution is -2.06. The van der Waals surface area contributed by atoms with E-state index in [4.69, 9.17) is 5.73 Å². The van der Waals surface area contributed by atoms with Gasteiger partial charge in [0.05, 0.1) is 5.56 Å². The van der Waals surface area contributed by atoms with Gasteiger partial charge in [0.2, 0.25) is 0 Å². The molecule has 16 heavy (non-hydrogen) atoms. The number of alkyl halides is 3. The number of aromatic amines is 1. The van der Waals surface area contributed by atoms with Crippen molar-refractivity contribution in [2.75, 3.05) is 5.73 Å². The highest BCUT2D eigenvalue weighted by Gasteiger charge is 2.31. The Labute approximate surface area is 87.5 Å². The van der Waals surface area contributed by atoms with Crippen molar-refractivity contribution < 1.29 is 13.2 Å². The van der Waals surface area contributed by atoms with Crippen molar-refractivity contribution in [3.63, 3.8) is 0 Å². The molecule has 0 aliphatic carbocycles. The van der Waals surface area contributed by atoms with Crippen molar-refractivity contribution in [2.24, 2.45) is 0 Å². The van der Waals surface area contributed by atoms with Crippen molar-refractivity contribution >= 4 is 5.69 Å². The zero-order chi connectivity index (χ0) is 11.8. The van der Waals surface area contributed by atoms with Crippen LogP contribution in [0.15, 0.2) is 18.2 Å². The number of nitrogens with zero attached hydrogens (tertiary/aromatic N) is 3. The zero-order valence-electron chi connectivity index (χ0n) is 7.78. The highest BCUT2D eigenvalue weighted by Crippen LogP contribution is 2.33. The van der Waals surface area contributed by atoms with Crippen molar-refractivity contribution in [3.8, 4) is 11.4 Å². The first-order valence-electron chi connectivity index (χ1n) is 4.19. The molecule has 0 aliphatic rings. The van der Waals surface area contributed by atoms with Crippen LogP contribution in [0.4, 0.5) is 18.9 Å². The predicted molar refractivity (Wildman–Crippen MR) is 49.0 cm³/mol. The second-order valence-electron chi connectivity index (χ2n) is 3.05. The first-order valence-corrected chi connectivity index (χ1v) is 4.19. The van der Waals surface area contributed by atoms with Crippen LogP contribution in [0.25, 0.3) is 11.4 Å². The molecule has 1 heterocycles. The molecule has 0 amide bonds. The quantitative estimate of drug-likeness (QED) is 0.725. The third kappa shape index (κ3) is 1.81. The monoisotopic (exact) mass is 229 g/mol. The Morgan fingerprint density at radius 2 is 2.00 bits per heavy atom. The number of nitrogen functional groups attached to an aromatic ring is 1. The van der Waals surface area contributed by atoms with Crippen molar-refractivity contribution in [3.05, 3.63) is 23.8 Å². The molecular weight excluding hydrogens is 223 g/mol. The molecule has 0 radical (unpaired) electrons. The lowest BCUT2D eigenvalue weighted by Gasteiger charge is -2.08. The Hall–Kier alpha value is -2.12. The van der Waals surface area contributed by atoms with Gasteiger partial charge in [-0.05, 0) is 28.6 Å². The molecule has 0 saturated heterocycles. The maximum absolute atomic E-state index is 12.3. The van der Waals surface area contributed by atoms with Gasteiger partial charge in [0.15, 0.2) is 5.82 Å². The minimum atomic E-state index is -4.41. The molecular formula is C8H6F3N5. The van der Waals surface area contributed by atoms with Crippen LogP contribution in [0.1, 0.15) is 5.56 Å². The standard InChI is InChI=1S/C8H6F3N5/c9-8(10,11)4-1-2-5(6(12)3-4)7-13-15-16-14-7/h1-3H,12H2,(H,13,14,15,16). The third-order valence-corrected chi connectivity index (χ3v) is 1.98. The van der Waals surface area contributed by atoms with Crippen LogP contribution in [-0.4, -0.2) is 20.6 Å². The Balaban J connectivity index is 2.46. The van der Waals surface area contributed by atoms with Gasteiger partial charge in [0.1, 0.15) is 0 Å². The summed E-state index contributed by atoms with van der Waals surface area (Å²) >= 11 is 0. The molecule has 8 heteroatoms. The number of hydrogen-bond acceptors (Lipinski definition) is 4. The summed E-state index contributed by atoms with van der Waals surface area (Å²) in [6, 6.07) is 2.99. The summed E-state index contributed by atoms with van der Waals surface area (Å²) in [5.41, 5.74) is 4.99. The van der Waals surface area contributed by atoms with E-state index in [1.165, 1.54) is 6.07 Å². The van der Waals surface area contributed by atoms with Crippen molar-refractivity contribution in [2.45, 2.75) is 6.18 Å². The summed E-state index contributed by atoms with van der Waals surface area (Å²) in [6.07, 6.45) is -4.41. The summed E-state index contributed by atoms with van der Waals surface area (Å²) in [7, 11) is 0. The number of rotatable bonds is 1. The molecule has 0 atom stereocenters. The van der Waals surface area contributed by atoms with Crippen LogP contribution in [0.5, 0.6) is 0 Å². The van der Waals surface area contributed by atoms with Gasteiger partial charge in [0.25, 0.3) is 0 Å². The van der Waals surface area contributed by atoms with E-state index < -0.39 is 11.7 Å². The Bertz CT molecular complexity index is 491. The molecule has 0 aliphatic heterocycles. The zero-order valence-corrected chi connectivity index (χ0v) is 7.78. The molecule has 0 unspecified atom stereocenters. The summed E-state index contributed by atoms with van der Waals surface area (Å²) in [6.45, 7) is 0. The second kappa shape index (κ2) is 3.47. The molecule has 0 bridgehead atoms. The van der Waals surface area contributed by atoms with E-state index in [0.29, 0.717) is 5.56 Å². The van der Waals surface area contributed by atoms with Gasteiger partial charge < -0.3 is 5.73 Å². The van der Waals surface area contributed by atoms with Gasteiger partial charge in [0, 0.05) is 11.3 Å². The van der Waals surface area contributed by atoms with E-state index in [-0.39, 0.29) is 11.5 Å². The summed E-state index contributed by atoms with van der Waals surface area (Å²) in [5, 5.41) is 12.6. The number of hydrogen-bond donors (Lipinski definition) is 2. The fourth-order valence-electron chi connectivity index (χ4n) is 1.23. The maximum atomic E-state index is 12.3. The van der Waals surface area contributed by atoms with E-state index in [9.17, 15) is 13.2 Å². The molecule has 2 aromatic rings. The maximum Gasteiger partial charge on any atom is 0.416 e. The third-order valence-electron chi connectivity index (χ3n) is 1.98. The minimum absolute atomic E-state index is 0.0339. The number of nitrogens with two attached hydrogens (primary N) is 1. The average molecular weight is 229 g/mol. The normalized spacial score (nSPS) is 11.7. The molecule has 0 saturated carbocycles. The van der Waals surface area contributed by atoms with Gasteiger partial charge in [-0.2, -0.15) is 13.2 Å². The van der Waals surface area contributed by atoms with Crippen LogP contribution < -0.4 is 5.73 Å². The molecule has 84 valence electrons. The number of tetrazole rings is 1. The molecule has 0 spiro atoms. The molecule has 0 fully saturated rings. The number of anilines is 1. The highest BCUT2D eigenvalue weighted by atomic mass is 19.4. The molecule has 1 aromatic heterocycles. The number of aromatic nitrogens is 4. The fourth-order valence-corrected chi connectivity index (χ4v) is 1.23. The van der Waals surface area contributed by atoms with Crippen molar-refractivity contribution in [1.82, 2.24) is 20.6 Å². The smallest absolute Gasteiger partial charge is 0.398 e. The van der Waals surface area contributed by atoms with Gasteiger partial charge in [-0.25, -0.2) is 5.10 Å². The van der Waals surface area contributed by atoms with Crippen LogP contribution in [0, 0.1) is 0 Å². The van der Waals surface area contributed by atoms with Gasteiger partial charge in [-0.15, -0.1) is 5.10 Å². The molecule has 1 aromatic carbocycles. The largest absolute Gasteiger partial charge is 0.416 e. The fraction of sp³-hybridized carbons (Fsp3) is 0.125. The molecule has 5 nitrogen and oxygen atoms in total. The van der Waals surface area contributed by atoms with Crippen molar-refractivity contribution in [1.29, 1.82) is 0 Å². The van der Waals surface area contributed by atoms with E-state index >= 15 is 0 Å². The summed E-state index contributed by atoms with van der Waals surface area (Å²) < 4.78 is 37.0. The van der Waals surface area contributed by atoms with Crippen LogP contribution in [0.3, 0.4) is 0 Å². The van der Waals surface area contributed by atoms with Crippen LogP contribution in [0.2, 0.25) is 0 Å². The molecule has 2 rings (SSSR count). The van der Waals surface area contributed by atoms with E-state index in [1.54, 1.807) is 0 Å². The topological polar surface area (TPSA) is 80.5 Å². The van der Waals surface area contributed by atoms with E-state index in [2.05, 4.69) is 20.6 Å². The number of H-pyrrole nitrogens is 1. The number of halogens is 3. The van der Waals surface area contributed by atoms with Gasteiger partial charge in [-0.3, -0.25) is 0 Å². The summed E-state index contributed by atoms with van der Waals surface area (Å²) in [5.74, 6) is 0.228. The highest BCUT2D eigenvalue weighted by molar-refractivity contribution is 5.71. The van der Waals surface area contributed by atoms with Crippen LogP contribution in [-0.2, 0) is 6.18 Å². The van der Waals surface area contributed by atoms with Gasteiger partial charge in [-0.1, -0.05) is 0 Å². The number of benzene rings is 1. The predicted octanol–water partition coefficient (Wildman–Crippen LogP) is 1.47. The molecule has 3 N–H and O–H groups in total. The average Bonchev–Trinajstić information content (AvgIpc) is 2.69. The van der Waals surface area contributed by atoms with Crippen LogP contribution >= 0.6 is 0 Å². The first-order chi connectivity index (χ1) is 7.48. The lowest BCUT2D eigenvalue weighted by atomic mass is 10.1. The number of nitrogens with one attached hydrogen (secondary N) is 1. The van der Waals surface area contributed by atoms with Gasteiger partial charge >= 0.3 is 6.18 Å². The van der Waals surface area contributed by atoms with E-state index in [1.807, 2.05) is 0 Å². The van der Waals surface area contributed by atoms with E-state index in [0.717, 1.165) is 12.1 Å². The second-order valence-corrected chi connectivity index (χ2v) is 3.05. The Morgan fingerprint density at radius 3 is 2.50 bits per heavy atom. The Morgan fingerprint density at radius 1 is 1.25 bits per heavy atom. The Kier molecular flexibility index (Phi) is 2.26. The summed E-state index contributed by atoms with van der Waals surface area (Å²) in [4.78, 5) is 0. The first kappa shape index (κ1) is 10.4. The lowest BCUT2D eigenvalue weighted by molar-refractivity contribution is -0.137. The minimum Gasteiger partial charge on any atom is -0.398 e. The SMILES string of the molecule is Nc1cc(C(F)(F)F)ccc1-c1nnn[nH]1.